The van der Waals surface area contributed by atoms with Crippen LogP contribution in [0.25, 0.3) is 0 Å². The Bertz CT molecular complexity index is 457. The van der Waals surface area contributed by atoms with Crippen LogP contribution in [0, 0.1) is 18.6 Å². The lowest BCUT2D eigenvalue weighted by Gasteiger charge is -2.17. The molecule has 2 N–H and O–H groups in total. The van der Waals surface area contributed by atoms with Gasteiger partial charge in [0.2, 0.25) is 6.17 Å². The van der Waals surface area contributed by atoms with Gasteiger partial charge in [0.15, 0.2) is 11.6 Å². The van der Waals surface area contributed by atoms with Crippen molar-refractivity contribution < 1.29 is 22.7 Å². The van der Waals surface area contributed by atoms with E-state index < -0.39 is 35.4 Å². The van der Waals surface area contributed by atoms with Crippen molar-refractivity contribution in [3.63, 3.8) is 0 Å². The first-order valence-electron chi connectivity index (χ1n) is 5.40. The van der Waals surface area contributed by atoms with E-state index in [0.29, 0.717) is 0 Å². The Morgan fingerprint density at radius 3 is 2.47 bits per heavy atom. The predicted molar refractivity (Wildman–Crippen MR) is 66.8 cm³/mol. The van der Waals surface area contributed by atoms with Crippen molar-refractivity contribution in [2.75, 3.05) is 6.61 Å². The molecule has 0 saturated heterocycles. The van der Waals surface area contributed by atoms with Crippen LogP contribution in [0.4, 0.5) is 13.2 Å². The van der Waals surface area contributed by atoms with Crippen molar-refractivity contribution in [2.45, 2.75) is 26.1 Å². The number of hydrogen-bond acceptors (Lipinski definition) is 3. The van der Waals surface area contributed by atoms with Gasteiger partial charge in [-0.25, -0.2) is 18.0 Å². The molecule has 0 radical (unpaired) electrons. The molecule has 2 atom stereocenters. The van der Waals surface area contributed by atoms with Gasteiger partial charge in [-0.2, -0.15) is 0 Å². The van der Waals surface area contributed by atoms with E-state index in [4.69, 9.17) is 5.73 Å². The third-order valence-electron chi connectivity index (χ3n) is 2.49. The molecule has 0 aliphatic heterocycles. The Morgan fingerprint density at radius 1 is 1.37 bits per heavy atom. The molecule has 7 heteroatoms. The van der Waals surface area contributed by atoms with Crippen LogP contribution in [0.5, 0.6) is 0 Å². The fourth-order valence-corrected chi connectivity index (χ4v) is 1.44. The van der Waals surface area contributed by atoms with Gasteiger partial charge in [-0.15, -0.1) is 12.4 Å². The molecule has 0 amide bonds. The molecule has 19 heavy (non-hydrogen) atoms. The molecule has 3 nitrogen and oxygen atoms in total. The van der Waals surface area contributed by atoms with Gasteiger partial charge in [0.25, 0.3) is 0 Å². The Morgan fingerprint density at radius 2 is 1.95 bits per heavy atom. The minimum Gasteiger partial charge on any atom is -0.464 e. The number of benzene rings is 1. The fourth-order valence-electron chi connectivity index (χ4n) is 1.44. The zero-order chi connectivity index (χ0) is 13.9. The minimum absolute atomic E-state index is 0. The number of nitrogens with two attached hydrogens (primary N) is 1. The molecular weight excluding hydrogens is 283 g/mol. The lowest BCUT2D eigenvalue weighted by molar-refractivity contribution is -0.149. The van der Waals surface area contributed by atoms with Crippen molar-refractivity contribution in [1.29, 1.82) is 0 Å². The van der Waals surface area contributed by atoms with Crippen molar-refractivity contribution in [3.05, 3.63) is 34.9 Å². The van der Waals surface area contributed by atoms with Gasteiger partial charge in [0.1, 0.15) is 0 Å². The number of esters is 1. The van der Waals surface area contributed by atoms with Crippen LogP contribution >= 0.6 is 12.4 Å². The van der Waals surface area contributed by atoms with Gasteiger partial charge in [-0.05, 0) is 19.4 Å². The molecule has 108 valence electrons. The van der Waals surface area contributed by atoms with Crippen molar-refractivity contribution in [1.82, 2.24) is 0 Å². The summed E-state index contributed by atoms with van der Waals surface area (Å²) in [5, 5.41) is 0. The highest BCUT2D eigenvalue weighted by Crippen LogP contribution is 2.24. The Labute approximate surface area is 115 Å². The summed E-state index contributed by atoms with van der Waals surface area (Å²) in [5.41, 5.74) is 5.10. The number of ether oxygens (including phenoxy) is 1. The second kappa shape index (κ2) is 7.35. The Kier molecular flexibility index (Phi) is 6.86. The molecule has 0 aromatic heterocycles. The van der Waals surface area contributed by atoms with E-state index in [1.54, 1.807) is 0 Å². The number of rotatable bonds is 4. The summed E-state index contributed by atoms with van der Waals surface area (Å²) in [7, 11) is 0. The number of carbonyl (C=O) groups is 1. The lowest BCUT2D eigenvalue weighted by atomic mass is 10.0. The summed E-state index contributed by atoms with van der Waals surface area (Å²) in [6.07, 6.45) is -2.23. The summed E-state index contributed by atoms with van der Waals surface area (Å²) in [6, 6.07) is 0.828. The maximum atomic E-state index is 13.6. The summed E-state index contributed by atoms with van der Waals surface area (Å²) < 4.78 is 44.9. The average Bonchev–Trinajstić information content (AvgIpc) is 2.35. The zero-order valence-electron chi connectivity index (χ0n) is 10.5. The summed E-state index contributed by atoms with van der Waals surface area (Å²) in [4.78, 5) is 11.1. The highest BCUT2D eigenvalue weighted by atomic mass is 35.5. The minimum atomic E-state index is -2.23. The predicted octanol–water partition coefficient (Wildman–Crippen LogP) is 2.60. The second-order valence-electron chi connectivity index (χ2n) is 3.78. The Hall–Kier alpha value is -1.27. The van der Waals surface area contributed by atoms with E-state index in [2.05, 4.69) is 4.74 Å². The average molecular weight is 298 g/mol. The molecule has 1 unspecified atom stereocenters. The molecule has 1 aromatic carbocycles. The first-order chi connectivity index (χ1) is 8.40. The molecule has 1 aromatic rings. The molecule has 0 aliphatic carbocycles. The fraction of sp³-hybridized carbons (Fsp3) is 0.417. The van der Waals surface area contributed by atoms with Gasteiger partial charge in [0, 0.05) is 5.56 Å². The third-order valence-corrected chi connectivity index (χ3v) is 2.49. The van der Waals surface area contributed by atoms with E-state index in [0.717, 1.165) is 6.07 Å². The van der Waals surface area contributed by atoms with Crippen LogP contribution in [0.1, 0.15) is 24.1 Å². The van der Waals surface area contributed by atoms with Gasteiger partial charge in [-0.3, -0.25) is 0 Å². The van der Waals surface area contributed by atoms with Gasteiger partial charge >= 0.3 is 5.97 Å². The van der Waals surface area contributed by atoms with Crippen LogP contribution in [0.3, 0.4) is 0 Å². The molecule has 0 heterocycles. The van der Waals surface area contributed by atoms with Gasteiger partial charge in [0.05, 0.1) is 12.6 Å². The smallest absolute Gasteiger partial charge is 0.342 e. The molecule has 0 aliphatic rings. The highest BCUT2D eigenvalue weighted by Gasteiger charge is 2.30. The van der Waals surface area contributed by atoms with E-state index in [-0.39, 0.29) is 24.6 Å². The van der Waals surface area contributed by atoms with E-state index in [1.165, 1.54) is 19.9 Å². The van der Waals surface area contributed by atoms with Crippen LogP contribution < -0.4 is 5.73 Å². The van der Waals surface area contributed by atoms with Crippen molar-refractivity contribution >= 4 is 18.4 Å². The molecule has 1 rings (SSSR count). The topological polar surface area (TPSA) is 52.3 Å². The second-order valence-corrected chi connectivity index (χ2v) is 3.78. The maximum absolute atomic E-state index is 13.6. The van der Waals surface area contributed by atoms with E-state index >= 15 is 0 Å². The third kappa shape index (κ3) is 3.84. The SMILES string of the molecule is CCOC(=O)C(F)[C@@H](N)c1ccc(C)c(F)c1F.Cl. The first kappa shape index (κ1) is 17.7. The van der Waals surface area contributed by atoms with E-state index in [1.807, 2.05) is 0 Å². The van der Waals surface area contributed by atoms with Crippen molar-refractivity contribution in [3.8, 4) is 0 Å². The number of hydrogen-bond donors (Lipinski definition) is 1. The summed E-state index contributed by atoms with van der Waals surface area (Å²) in [6.45, 7) is 2.85. The number of carbonyl (C=O) groups excluding carboxylic acids is 1. The quantitative estimate of drug-likeness (QED) is 0.869. The number of halogens is 4. The molecular formula is C12H15ClF3NO2. The van der Waals surface area contributed by atoms with Gasteiger partial charge in [-0.1, -0.05) is 12.1 Å². The molecule has 0 bridgehead atoms. The van der Waals surface area contributed by atoms with Gasteiger partial charge < -0.3 is 10.5 Å². The highest BCUT2D eigenvalue weighted by molar-refractivity contribution is 5.85. The summed E-state index contributed by atoms with van der Waals surface area (Å²) in [5.74, 6) is -3.53. The largest absolute Gasteiger partial charge is 0.464 e. The normalized spacial score (nSPS) is 13.4. The van der Waals surface area contributed by atoms with Crippen LogP contribution in [-0.2, 0) is 9.53 Å². The number of alkyl halides is 1. The first-order valence-corrected chi connectivity index (χ1v) is 5.40. The molecule has 0 spiro atoms. The standard InChI is InChI=1S/C12H14F3NO2.ClH/c1-3-18-12(17)10(15)11(16)7-5-4-6(2)8(13)9(7)14;/h4-5,10-11H,3,16H2,1-2H3;1H/t10?,11-;/m0./s1. The summed E-state index contributed by atoms with van der Waals surface area (Å²) >= 11 is 0. The molecule has 0 fully saturated rings. The van der Waals surface area contributed by atoms with Crippen LogP contribution in [0.2, 0.25) is 0 Å². The Balaban J connectivity index is 0.00000324. The van der Waals surface area contributed by atoms with Crippen LogP contribution in [-0.4, -0.2) is 18.7 Å². The van der Waals surface area contributed by atoms with Crippen molar-refractivity contribution in [2.24, 2.45) is 5.73 Å². The number of aryl methyl sites for hydroxylation is 1. The molecule has 0 saturated carbocycles. The van der Waals surface area contributed by atoms with E-state index in [9.17, 15) is 18.0 Å². The zero-order valence-corrected chi connectivity index (χ0v) is 11.3. The van der Waals surface area contributed by atoms with Crippen LogP contribution in [0.15, 0.2) is 12.1 Å². The maximum Gasteiger partial charge on any atom is 0.342 e. The monoisotopic (exact) mass is 297 g/mol. The lowest BCUT2D eigenvalue weighted by Crippen LogP contribution is -2.32.